The predicted octanol–water partition coefficient (Wildman–Crippen LogP) is 2.17. The molecule has 1 aliphatic rings. The number of benzene rings is 2. The van der Waals surface area contributed by atoms with Crippen LogP contribution in [0.5, 0.6) is 11.5 Å². The fraction of sp³-hybridized carbons (Fsp3) is 0.300. The maximum absolute atomic E-state index is 12.6. The monoisotopic (exact) mass is 354 g/mol. The number of nitrogens with one attached hydrogen (secondary N) is 1. The highest BCUT2D eigenvalue weighted by Crippen LogP contribution is 2.25. The minimum Gasteiger partial charge on any atom is -0.497 e. The van der Waals surface area contributed by atoms with Crippen LogP contribution in [0.2, 0.25) is 0 Å². The van der Waals surface area contributed by atoms with Crippen LogP contribution in [0.25, 0.3) is 0 Å². The van der Waals surface area contributed by atoms with Crippen LogP contribution in [0.1, 0.15) is 12.0 Å². The number of imide groups is 1. The predicted molar refractivity (Wildman–Crippen MR) is 98.6 cm³/mol. The Hall–Kier alpha value is -2.86. The van der Waals surface area contributed by atoms with Crippen molar-refractivity contribution in [2.24, 2.45) is 0 Å². The van der Waals surface area contributed by atoms with Crippen LogP contribution in [0.4, 0.5) is 5.69 Å². The van der Waals surface area contributed by atoms with Gasteiger partial charge in [0.15, 0.2) is 0 Å². The zero-order chi connectivity index (χ0) is 18.5. The molecule has 0 spiro atoms. The van der Waals surface area contributed by atoms with Crippen molar-refractivity contribution in [2.75, 3.05) is 25.7 Å². The Morgan fingerprint density at radius 1 is 1.04 bits per heavy atom. The highest BCUT2D eigenvalue weighted by molar-refractivity contribution is 6.22. The molecule has 2 amide bonds. The lowest BCUT2D eigenvalue weighted by Crippen LogP contribution is -2.39. The Balaban J connectivity index is 1.61. The average Bonchev–Trinajstić information content (AvgIpc) is 2.95. The zero-order valence-electron chi connectivity index (χ0n) is 14.9. The van der Waals surface area contributed by atoms with Crippen molar-refractivity contribution < 1.29 is 19.1 Å². The molecule has 3 rings (SSSR count). The molecule has 2 aromatic rings. The second-order valence-electron chi connectivity index (χ2n) is 6.04. The summed E-state index contributed by atoms with van der Waals surface area (Å²) in [5.74, 6) is 1.08. The molecule has 1 atom stereocenters. The molecule has 1 saturated heterocycles. The molecule has 1 fully saturated rings. The lowest BCUT2D eigenvalue weighted by Gasteiger charge is -2.16. The van der Waals surface area contributed by atoms with Crippen LogP contribution in [0, 0.1) is 0 Å². The number of nitrogens with zero attached hydrogens (tertiary/aromatic N) is 1. The van der Waals surface area contributed by atoms with Gasteiger partial charge in [-0.2, -0.15) is 0 Å². The van der Waals surface area contributed by atoms with Crippen molar-refractivity contribution in [1.82, 2.24) is 5.32 Å². The lowest BCUT2D eigenvalue weighted by molar-refractivity contribution is -0.121. The number of rotatable bonds is 7. The highest BCUT2D eigenvalue weighted by atomic mass is 16.5. The van der Waals surface area contributed by atoms with Crippen molar-refractivity contribution in [3.63, 3.8) is 0 Å². The molecule has 0 radical (unpaired) electrons. The largest absolute Gasteiger partial charge is 0.497 e. The molecule has 26 heavy (non-hydrogen) atoms. The first-order valence-electron chi connectivity index (χ1n) is 8.50. The van der Waals surface area contributed by atoms with Crippen LogP contribution in [-0.4, -0.2) is 38.6 Å². The molecule has 0 saturated carbocycles. The van der Waals surface area contributed by atoms with Crippen molar-refractivity contribution in [2.45, 2.75) is 18.9 Å². The molecule has 0 aliphatic carbocycles. The summed E-state index contributed by atoms with van der Waals surface area (Å²) in [6.45, 7) is 0.584. The quantitative estimate of drug-likeness (QED) is 0.772. The summed E-state index contributed by atoms with van der Waals surface area (Å²) in [5, 5.41) is 3.19. The van der Waals surface area contributed by atoms with Crippen LogP contribution in [-0.2, 0) is 16.0 Å². The van der Waals surface area contributed by atoms with Gasteiger partial charge in [0, 0.05) is 6.54 Å². The van der Waals surface area contributed by atoms with Gasteiger partial charge in [0.05, 0.1) is 32.4 Å². The van der Waals surface area contributed by atoms with E-state index < -0.39 is 6.04 Å². The van der Waals surface area contributed by atoms with Gasteiger partial charge in [0.25, 0.3) is 5.91 Å². The van der Waals surface area contributed by atoms with Gasteiger partial charge in [-0.3, -0.25) is 9.59 Å². The summed E-state index contributed by atoms with van der Waals surface area (Å²) in [6.07, 6.45) is 0.876. The molecule has 136 valence electrons. The molecule has 0 aromatic heterocycles. The number of carbonyl (C=O) groups is 2. The third-order valence-corrected chi connectivity index (χ3v) is 4.45. The number of amides is 2. The van der Waals surface area contributed by atoms with Crippen LogP contribution in [0.15, 0.2) is 48.5 Å². The van der Waals surface area contributed by atoms with Gasteiger partial charge in [-0.15, -0.1) is 0 Å². The number of hydrogen-bond donors (Lipinski definition) is 1. The van der Waals surface area contributed by atoms with E-state index in [9.17, 15) is 9.59 Å². The van der Waals surface area contributed by atoms with Gasteiger partial charge in [-0.1, -0.05) is 18.2 Å². The molecular weight excluding hydrogens is 332 g/mol. The third-order valence-electron chi connectivity index (χ3n) is 4.45. The maximum Gasteiger partial charge on any atom is 0.251 e. The summed E-state index contributed by atoms with van der Waals surface area (Å²) in [5.41, 5.74) is 1.63. The van der Waals surface area contributed by atoms with Crippen LogP contribution in [0.3, 0.4) is 0 Å². The second-order valence-corrected chi connectivity index (χ2v) is 6.04. The number of anilines is 1. The van der Waals surface area contributed by atoms with Gasteiger partial charge < -0.3 is 14.8 Å². The fourth-order valence-electron chi connectivity index (χ4n) is 3.08. The van der Waals surface area contributed by atoms with E-state index in [1.807, 2.05) is 24.3 Å². The number of para-hydroxylation sites is 1. The summed E-state index contributed by atoms with van der Waals surface area (Å²) >= 11 is 0. The fourth-order valence-corrected chi connectivity index (χ4v) is 3.08. The third kappa shape index (κ3) is 3.70. The molecule has 6 heteroatoms. The number of carbonyl (C=O) groups excluding carboxylic acids is 2. The van der Waals surface area contributed by atoms with Gasteiger partial charge in [-0.25, -0.2) is 4.90 Å². The van der Waals surface area contributed by atoms with E-state index in [1.165, 1.54) is 4.90 Å². The second kappa shape index (κ2) is 8.01. The Bertz CT molecular complexity index is 789. The van der Waals surface area contributed by atoms with Crippen molar-refractivity contribution in [3.05, 3.63) is 54.1 Å². The van der Waals surface area contributed by atoms with E-state index in [2.05, 4.69) is 5.32 Å². The Kier molecular flexibility index (Phi) is 5.53. The van der Waals surface area contributed by atoms with Gasteiger partial charge >= 0.3 is 0 Å². The topological polar surface area (TPSA) is 67.9 Å². The lowest BCUT2D eigenvalue weighted by atomic mass is 10.1. The molecule has 1 N–H and O–H groups in total. The smallest absolute Gasteiger partial charge is 0.251 e. The van der Waals surface area contributed by atoms with E-state index in [-0.39, 0.29) is 18.2 Å². The van der Waals surface area contributed by atoms with E-state index in [4.69, 9.17) is 9.47 Å². The van der Waals surface area contributed by atoms with E-state index >= 15 is 0 Å². The molecule has 2 aromatic carbocycles. The zero-order valence-corrected chi connectivity index (χ0v) is 14.9. The van der Waals surface area contributed by atoms with Gasteiger partial charge in [-0.05, 0) is 42.3 Å². The molecule has 0 bridgehead atoms. The molecular formula is C20H22N2O4. The first-order valence-corrected chi connectivity index (χ1v) is 8.50. The Morgan fingerprint density at radius 2 is 1.77 bits per heavy atom. The van der Waals surface area contributed by atoms with E-state index in [0.717, 1.165) is 11.3 Å². The molecule has 1 aliphatic heterocycles. The van der Waals surface area contributed by atoms with Crippen molar-refractivity contribution in [1.29, 1.82) is 0 Å². The number of hydrogen-bond acceptors (Lipinski definition) is 5. The van der Waals surface area contributed by atoms with E-state index in [1.54, 1.807) is 38.5 Å². The minimum absolute atomic E-state index is 0.163. The molecule has 6 nitrogen and oxygen atoms in total. The minimum atomic E-state index is -0.501. The SMILES string of the molecule is COc1ccc(N2C(=O)C[C@H](NCCc3ccccc3OC)C2=O)cc1. The number of methoxy groups -OCH3 is 2. The van der Waals surface area contributed by atoms with E-state index in [0.29, 0.717) is 24.4 Å². The highest BCUT2D eigenvalue weighted by Gasteiger charge is 2.39. The summed E-state index contributed by atoms with van der Waals surface area (Å²) < 4.78 is 10.4. The number of ether oxygens (including phenoxy) is 2. The normalized spacial score (nSPS) is 16.8. The van der Waals surface area contributed by atoms with Crippen molar-refractivity contribution >= 4 is 17.5 Å². The molecule has 1 heterocycles. The summed E-state index contributed by atoms with van der Waals surface area (Å²) in [7, 11) is 3.21. The first kappa shape index (κ1) is 17.9. The van der Waals surface area contributed by atoms with Gasteiger partial charge in [0.1, 0.15) is 11.5 Å². The maximum atomic E-state index is 12.6. The first-order chi connectivity index (χ1) is 12.6. The average molecular weight is 354 g/mol. The summed E-state index contributed by atoms with van der Waals surface area (Å²) in [4.78, 5) is 26.2. The van der Waals surface area contributed by atoms with Crippen molar-refractivity contribution in [3.8, 4) is 11.5 Å². The Morgan fingerprint density at radius 3 is 2.46 bits per heavy atom. The standard InChI is InChI=1S/C20H22N2O4/c1-25-16-9-7-15(8-10-16)22-19(23)13-17(20(22)24)21-12-11-14-5-3-4-6-18(14)26-2/h3-10,17,21H,11-13H2,1-2H3/t17-/m0/s1. The molecule has 0 unspecified atom stereocenters. The summed E-state index contributed by atoms with van der Waals surface area (Å²) in [6, 6.07) is 14.2. The Labute approximate surface area is 152 Å². The van der Waals surface area contributed by atoms with Gasteiger partial charge in [0.2, 0.25) is 5.91 Å². The van der Waals surface area contributed by atoms with Crippen LogP contribution >= 0.6 is 0 Å². The van der Waals surface area contributed by atoms with Crippen LogP contribution < -0.4 is 19.7 Å².